The largest absolute Gasteiger partial charge is 0.285 e. The standard InChI is InChI=1S/C12H15N3O/c1-6-7(2)11-10(13-8(6)3)12(16)9(4)14-15(11)5/h1-5H3. The molecule has 0 unspecified atom stereocenters. The summed E-state index contributed by atoms with van der Waals surface area (Å²) in [5, 5.41) is 4.20. The number of hydrogen-bond acceptors (Lipinski definition) is 3. The molecule has 0 saturated carbocycles. The Morgan fingerprint density at radius 1 is 1.00 bits per heavy atom. The predicted molar refractivity (Wildman–Crippen MR) is 63.7 cm³/mol. The molecule has 84 valence electrons. The molecule has 0 spiro atoms. The van der Waals surface area contributed by atoms with Gasteiger partial charge in [-0.1, -0.05) is 0 Å². The number of nitrogens with zero attached hydrogens (tertiary/aromatic N) is 3. The van der Waals surface area contributed by atoms with Crippen molar-refractivity contribution in [2.24, 2.45) is 7.05 Å². The quantitative estimate of drug-likeness (QED) is 0.673. The molecule has 0 radical (unpaired) electrons. The fraction of sp³-hybridized carbons (Fsp3) is 0.417. The van der Waals surface area contributed by atoms with Gasteiger partial charge in [0.15, 0.2) is 0 Å². The summed E-state index contributed by atoms with van der Waals surface area (Å²) in [7, 11) is 1.85. The predicted octanol–water partition coefficient (Wildman–Crippen LogP) is 1.56. The minimum atomic E-state index is -0.0701. The van der Waals surface area contributed by atoms with Gasteiger partial charge in [-0.05, 0) is 38.8 Å². The van der Waals surface area contributed by atoms with Gasteiger partial charge in [-0.25, -0.2) is 4.98 Å². The summed E-state index contributed by atoms with van der Waals surface area (Å²) < 4.78 is 1.74. The maximum atomic E-state index is 12.0. The topological polar surface area (TPSA) is 47.8 Å². The van der Waals surface area contributed by atoms with Crippen LogP contribution in [0.25, 0.3) is 11.0 Å². The number of hydrogen-bond donors (Lipinski definition) is 0. The van der Waals surface area contributed by atoms with Crippen LogP contribution in [0.5, 0.6) is 0 Å². The molecule has 0 aliphatic carbocycles. The van der Waals surface area contributed by atoms with Crippen LogP contribution in [0.1, 0.15) is 22.5 Å². The van der Waals surface area contributed by atoms with E-state index in [0.717, 1.165) is 22.3 Å². The van der Waals surface area contributed by atoms with E-state index >= 15 is 0 Å². The normalized spacial score (nSPS) is 11.1. The molecule has 2 heterocycles. The van der Waals surface area contributed by atoms with Crippen molar-refractivity contribution >= 4 is 11.0 Å². The molecule has 0 bridgehead atoms. The first-order valence-corrected chi connectivity index (χ1v) is 5.25. The lowest BCUT2D eigenvalue weighted by molar-refractivity contribution is 0.748. The maximum absolute atomic E-state index is 12.0. The van der Waals surface area contributed by atoms with E-state index in [1.54, 1.807) is 11.6 Å². The van der Waals surface area contributed by atoms with Crippen LogP contribution in [-0.2, 0) is 7.05 Å². The van der Waals surface area contributed by atoms with Crippen LogP contribution in [0.15, 0.2) is 4.79 Å². The summed E-state index contributed by atoms with van der Waals surface area (Å²) in [5.74, 6) is 0. The minimum absolute atomic E-state index is 0.0701. The van der Waals surface area contributed by atoms with Crippen molar-refractivity contribution < 1.29 is 0 Å². The van der Waals surface area contributed by atoms with Crippen molar-refractivity contribution in [3.05, 3.63) is 32.7 Å². The van der Waals surface area contributed by atoms with Gasteiger partial charge in [-0.3, -0.25) is 9.48 Å². The van der Waals surface area contributed by atoms with Crippen molar-refractivity contribution in [2.75, 3.05) is 0 Å². The van der Waals surface area contributed by atoms with E-state index in [-0.39, 0.29) is 5.43 Å². The van der Waals surface area contributed by atoms with Crippen LogP contribution in [0, 0.1) is 27.7 Å². The number of aromatic nitrogens is 3. The first kappa shape index (κ1) is 10.8. The molecule has 0 aliphatic heterocycles. The van der Waals surface area contributed by atoms with Gasteiger partial charge < -0.3 is 0 Å². The van der Waals surface area contributed by atoms with E-state index in [0.29, 0.717) is 11.2 Å². The highest BCUT2D eigenvalue weighted by atomic mass is 16.1. The highest BCUT2D eigenvalue weighted by Gasteiger charge is 2.12. The second-order valence-electron chi connectivity index (χ2n) is 4.18. The second-order valence-corrected chi connectivity index (χ2v) is 4.18. The third-order valence-corrected chi connectivity index (χ3v) is 3.13. The summed E-state index contributed by atoms with van der Waals surface area (Å²) in [6.07, 6.45) is 0. The van der Waals surface area contributed by atoms with Gasteiger partial charge in [0.2, 0.25) is 5.43 Å². The first-order valence-electron chi connectivity index (χ1n) is 5.25. The van der Waals surface area contributed by atoms with Gasteiger partial charge in [-0.15, -0.1) is 0 Å². The lowest BCUT2D eigenvalue weighted by Crippen LogP contribution is -2.17. The fourth-order valence-electron chi connectivity index (χ4n) is 1.98. The SMILES string of the molecule is Cc1nc2c(=O)c(C)nn(C)c2c(C)c1C. The zero-order chi connectivity index (χ0) is 12.0. The van der Waals surface area contributed by atoms with Crippen LogP contribution in [0.3, 0.4) is 0 Å². The van der Waals surface area contributed by atoms with Crippen LogP contribution in [0.4, 0.5) is 0 Å². The lowest BCUT2D eigenvalue weighted by atomic mass is 10.1. The van der Waals surface area contributed by atoms with Crippen LogP contribution >= 0.6 is 0 Å². The van der Waals surface area contributed by atoms with Crippen molar-refractivity contribution in [2.45, 2.75) is 27.7 Å². The van der Waals surface area contributed by atoms with Gasteiger partial charge in [0.05, 0.1) is 5.52 Å². The zero-order valence-electron chi connectivity index (χ0n) is 10.2. The Kier molecular flexibility index (Phi) is 2.30. The smallest absolute Gasteiger partial charge is 0.229 e. The van der Waals surface area contributed by atoms with Gasteiger partial charge in [0.25, 0.3) is 0 Å². The lowest BCUT2D eigenvalue weighted by Gasteiger charge is -2.11. The number of pyridine rings is 1. The summed E-state index contributed by atoms with van der Waals surface area (Å²) in [5.41, 5.74) is 4.88. The molecule has 4 heteroatoms. The Balaban J connectivity index is 3.13. The Hall–Kier alpha value is -1.71. The molecule has 2 aromatic rings. The maximum Gasteiger partial charge on any atom is 0.229 e. The van der Waals surface area contributed by atoms with Gasteiger partial charge in [0, 0.05) is 12.7 Å². The summed E-state index contributed by atoms with van der Waals surface area (Å²) in [4.78, 5) is 16.3. The highest BCUT2D eigenvalue weighted by Crippen LogP contribution is 2.18. The van der Waals surface area contributed by atoms with Gasteiger partial charge in [-0.2, -0.15) is 5.10 Å². The van der Waals surface area contributed by atoms with E-state index < -0.39 is 0 Å². The molecule has 0 saturated heterocycles. The molecule has 0 fully saturated rings. The molecule has 2 rings (SSSR count). The molecular formula is C12H15N3O. The monoisotopic (exact) mass is 217 g/mol. The Morgan fingerprint density at radius 3 is 2.25 bits per heavy atom. The summed E-state index contributed by atoms with van der Waals surface area (Å²) >= 11 is 0. The molecule has 16 heavy (non-hydrogen) atoms. The van der Waals surface area contributed by atoms with E-state index in [4.69, 9.17) is 0 Å². The molecule has 2 aromatic heterocycles. The highest BCUT2D eigenvalue weighted by molar-refractivity contribution is 5.79. The van der Waals surface area contributed by atoms with Gasteiger partial charge >= 0.3 is 0 Å². The van der Waals surface area contributed by atoms with Crippen molar-refractivity contribution in [1.29, 1.82) is 0 Å². The molecule has 0 amide bonds. The average Bonchev–Trinajstić information content (AvgIpc) is 2.22. The summed E-state index contributed by atoms with van der Waals surface area (Å²) in [6.45, 7) is 7.66. The average molecular weight is 217 g/mol. The Bertz CT molecular complexity index is 641. The Labute approximate surface area is 93.9 Å². The van der Waals surface area contributed by atoms with Crippen molar-refractivity contribution in [3.63, 3.8) is 0 Å². The van der Waals surface area contributed by atoms with E-state index in [1.807, 2.05) is 27.8 Å². The number of fused-ring (bicyclic) bond motifs is 1. The van der Waals surface area contributed by atoms with Crippen LogP contribution in [0.2, 0.25) is 0 Å². The van der Waals surface area contributed by atoms with Gasteiger partial charge in [0.1, 0.15) is 11.2 Å². The molecule has 0 aromatic carbocycles. The molecule has 0 atom stereocenters. The third-order valence-electron chi connectivity index (χ3n) is 3.13. The first-order chi connectivity index (χ1) is 7.43. The van der Waals surface area contributed by atoms with Crippen molar-refractivity contribution in [3.8, 4) is 0 Å². The second kappa shape index (κ2) is 3.40. The molecule has 0 N–H and O–H groups in total. The molecule has 0 aliphatic rings. The zero-order valence-corrected chi connectivity index (χ0v) is 10.2. The summed E-state index contributed by atoms with van der Waals surface area (Å²) in [6, 6.07) is 0. The molecule has 4 nitrogen and oxygen atoms in total. The van der Waals surface area contributed by atoms with Crippen LogP contribution in [-0.4, -0.2) is 14.8 Å². The number of rotatable bonds is 0. The third kappa shape index (κ3) is 1.33. The molecular weight excluding hydrogens is 202 g/mol. The number of aryl methyl sites for hydroxylation is 4. The van der Waals surface area contributed by atoms with E-state index in [1.165, 1.54) is 0 Å². The Morgan fingerprint density at radius 2 is 1.62 bits per heavy atom. The fourth-order valence-corrected chi connectivity index (χ4v) is 1.98. The van der Waals surface area contributed by atoms with E-state index in [9.17, 15) is 4.79 Å². The minimum Gasteiger partial charge on any atom is -0.285 e. The van der Waals surface area contributed by atoms with E-state index in [2.05, 4.69) is 10.1 Å². The van der Waals surface area contributed by atoms with Crippen molar-refractivity contribution in [1.82, 2.24) is 14.8 Å². The van der Waals surface area contributed by atoms with Crippen LogP contribution < -0.4 is 5.43 Å².